The molecule has 2 aromatic rings. The first kappa shape index (κ1) is 14.7. The summed E-state index contributed by atoms with van der Waals surface area (Å²) in [6.07, 6.45) is 1.89. The fourth-order valence-corrected chi connectivity index (χ4v) is 2.37. The Kier molecular flexibility index (Phi) is 4.54. The third-order valence-electron chi connectivity index (χ3n) is 3.07. The quantitative estimate of drug-likeness (QED) is 0.875. The van der Waals surface area contributed by atoms with E-state index in [1.54, 1.807) is 11.8 Å². The Morgan fingerprint density at radius 1 is 1.45 bits per heavy atom. The lowest BCUT2D eigenvalue weighted by Gasteiger charge is -2.11. The molecule has 1 aromatic carbocycles. The fourth-order valence-electron chi connectivity index (χ4n) is 2.02. The molecule has 0 fully saturated rings. The molecule has 5 nitrogen and oxygen atoms in total. The minimum atomic E-state index is 0.698. The molecule has 0 radical (unpaired) electrons. The van der Waals surface area contributed by atoms with Gasteiger partial charge in [0.1, 0.15) is 5.75 Å². The summed E-state index contributed by atoms with van der Waals surface area (Å²) in [5.74, 6) is 1.58. The first-order valence-electron chi connectivity index (χ1n) is 6.48. The summed E-state index contributed by atoms with van der Waals surface area (Å²) in [7, 11) is 3.52. The van der Waals surface area contributed by atoms with Crippen LogP contribution in [-0.4, -0.2) is 16.9 Å². The summed E-state index contributed by atoms with van der Waals surface area (Å²) in [6.45, 7) is 2.11. The molecule has 1 aromatic heterocycles. The summed E-state index contributed by atoms with van der Waals surface area (Å²) in [5, 5.41) is 7.76. The van der Waals surface area contributed by atoms with E-state index >= 15 is 0 Å². The van der Waals surface area contributed by atoms with E-state index < -0.39 is 0 Å². The summed E-state index contributed by atoms with van der Waals surface area (Å²) in [4.78, 5) is 0. The maximum absolute atomic E-state index is 6.17. The van der Waals surface area contributed by atoms with E-state index in [-0.39, 0.29) is 0 Å². The van der Waals surface area contributed by atoms with Gasteiger partial charge in [-0.1, -0.05) is 13.3 Å². The number of aromatic nitrogens is 2. The fraction of sp³-hybridized carbons (Fsp3) is 0.357. The van der Waals surface area contributed by atoms with Gasteiger partial charge in [-0.15, -0.1) is 0 Å². The Hall–Kier alpha value is -1.69. The van der Waals surface area contributed by atoms with Crippen LogP contribution >= 0.6 is 15.9 Å². The van der Waals surface area contributed by atoms with E-state index in [1.165, 1.54) is 0 Å². The zero-order valence-corrected chi connectivity index (χ0v) is 13.5. The topological polar surface area (TPSA) is 65.1 Å². The van der Waals surface area contributed by atoms with Crippen LogP contribution in [0.1, 0.15) is 19.0 Å². The standard InChI is InChI=1S/C14H19BrN4O/c1-4-5-11-13(16)14(19(2)18-11)17-12-8-9(20-3)6-7-10(12)15/h6-8,17H,4-5,16H2,1-3H3. The zero-order valence-electron chi connectivity index (χ0n) is 11.9. The van der Waals surface area contributed by atoms with Gasteiger partial charge in [0, 0.05) is 17.6 Å². The van der Waals surface area contributed by atoms with Crippen molar-refractivity contribution in [2.24, 2.45) is 7.05 Å². The Bertz CT molecular complexity index is 609. The van der Waals surface area contributed by atoms with E-state index in [9.17, 15) is 0 Å². The van der Waals surface area contributed by atoms with Crippen LogP contribution in [0.2, 0.25) is 0 Å². The highest BCUT2D eigenvalue weighted by molar-refractivity contribution is 9.10. The first-order chi connectivity index (χ1) is 9.56. The lowest BCUT2D eigenvalue weighted by Crippen LogP contribution is -2.02. The van der Waals surface area contributed by atoms with Gasteiger partial charge < -0.3 is 15.8 Å². The highest BCUT2D eigenvalue weighted by Crippen LogP contribution is 2.32. The number of hydrogen-bond acceptors (Lipinski definition) is 4. The third-order valence-corrected chi connectivity index (χ3v) is 3.77. The lowest BCUT2D eigenvalue weighted by molar-refractivity contribution is 0.415. The molecule has 108 valence electrons. The van der Waals surface area contributed by atoms with Crippen molar-refractivity contribution in [3.8, 4) is 5.75 Å². The monoisotopic (exact) mass is 338 g/mol. The maximum Gasteiger partial charge on any atom is 0.152 e. The molecule has 1 heterocycles. The lowest BCUT2D eigenvalue weighted by atomic mass is 10.2. The second kappa shape index (κ2) is 6.17. The SMILES string of the molecule is CCCc1nn(C)c(Nc2cc(OC)ccc2Br)c1N. The van der Waals surface area contributed by atoms with Crippen LogP contribution in [0.3, 0.4) is 0 Å². The molecule has 0 aliphatic heterocycles. The van der Waals surface area contributed by atoms with Gasteiger partial charge in [0.25, 0.3) is 0 Å². The molecule has 0 aliphatic rings. The van der Waals surface area contributed by atoms with Crippen LogP contribution in [-0.2, 0) is 13.5 Å². The van der Waals surface area contributed by atoms with Gasteiger partial charge in [0.15, 0.2) is 5.82 Å². The summed E-state index contributed by atoms with van der Waals surface area (Å²) in [5.41, 5.74) is 8.68. The molecule has 3 N–H and O–H groups in total. The van der Waals surface area contributed by atoms with Crippen LogP contribution in [0, 0.1) is 0 Å². The van der Waals surface area contributed by atoms with Crippen molar-refractivity contribution in [3.63, 3.8) is 0 Å². The molecule has 0 saturated carbocycles. The molecule has 0 bridgehead atoms. The predicted molar refractivity (Wildman–Crippen MR) is 85.6 cm³/mol. The molecule has 0 amide bonds. The molecule has 0 spiro atoms. The Morgan fingerprint density at radius 3 is 2.85 bits per heavy atom. The van der Waals surface area contributed by atoms with Crippen LogP contribution in [0.15, 0.2) is 22.7 Å². The van der Waals surface area contributed by atoms with Gasteiger partial charge in [-0.2, -0.15) is 5.10 Å². The number of nitrogens with two attached hydrogens (primary N) is 1. The predicted octanol–water partition coefficient (Wildman–Crippen LogP) is 3.47. The summed E-state index contributed by atoms with van der Waals surface area (Å²) in [6, 6.07) is 5.74. The molecule has 2 rings (SSSR count). The van der Waals surface area contributed by atoms with Crippen molar-refractivity contribution in [2.45, 2.75) is 19.8 Å². The number of rotatable bonds is 5. The van der Waals surface area contributed by atoms with Crippen molar-refractivity contribution in [1.29, 1.82) is 0 Å². The van der Waals surface area contributed by atoms with E-state index in [0.29, 0.717) is 5.69 Å². The highest BCUT2D eigenvalue weighted by Gasteiger charge is 2.14. The van der Waals surface area contributed by atoms with Crippen LogP contribution in [0.4, 0.5) is 17.2 Å². The third kappa shape index (κ3) is 2.90. The second-order valence-corrected chi connectivity index (χ2v) is 5.41. The molecule has 20 heavy (non-hydrogen) atoms. The number of ether oxygens (including phenoxy) is 1. The Labute approximate surface area is 127 Å². The average Bonchev–Trinajstić information content (AvgIpc) is 2.69. The van der Waals surface area contributed by atoms with Crippen molar-refractivity contribution in [2.75, 3.05) is 18.2 Å². The second-order valence-electron chi connectivity index (χ2n) is 4.55. The van der Waals surface area contributed by atoms with Crippen molar-refractivity contribution >= 4 is 33.1 Å². The largest absolute Gasteiger partial charge is 0.497 e. The number of halogens is 1. The molecule has 6 heteroatoms. The number of methoxy groups -OCH3 is 1. The summed E-state index contributed by atoms with van der Waals surface area (Å²) < 4.78 is 7.95. The van der Waals surface area contributed by atoms with Crippen molar-refractivity contribution in [3.05, 3.63) is 28.4 Å². The number of anilines is 3. The molecular weight excluding hydrogens is 320 g/mol. The van der Waals surface area contributed by atoms with Crippen LogP contribution in [0.25, 0.3) is 0 Å². The molecule has 0 aliphatic carbocycles. The number of nitrogens with zero attached hydrogens (tertiary/aromatic N) is 2. The number of benzene rings is 1. The first-order valence-corrected chi connectivity index (χ1v) is 7.28. The minimum Gasteiger partial charge on any atom is -0.497 e. The van der Waals surface area contributed by atoms with Gasteiger partial charge in [-0.25, -0.2) is 0 Å². The molecule has 0 unspecified atom stereocenters. The van der Waals surface area contributed by atoms with Crippen molar-refractivity contribution < 1.29 is 4.74 Å². The van der Waals surface area contributed by atoms with Gasteiger partial charge in [-0.3, -0.25) is 4.68 Å². The summed E-state index contributed by atoms with van der Waals surface area (Å²) >= 11 is 3.52. The number of aryl methyl sites for hydroxylation is 2. The zero-order chi connectivity index (χ0) is 14.7. The maximum atomic E-state index is 6.17. The van der Waals surface area contributed by atoms with Gasteiger partial charge in [0.2, 0.25) is 0 Å². The number of hydrogen-bond donors (Lipinski definition) is 2. The normalized spacial score (nSPS) is 10.6. The van der Waals surface area contributed by atoms with E-state index in [2.05, 4.69) is 33.3 Å². The van der Waals surface area contributed by atoms with Crippen LogP contribution in [0.5, 0.6) is 5.75 Å². The van der Waals surface area contributed by atoms with E-state index in [0.717, 1.165) is 40.3 Å². The van der Waals surface area contributed by atoms with Gasteiger partial charge >= 0.3 is 0 Å². The highest BCUT2D eigenvalue weighted by atomic mass is 79.9. The average molecular weight is 339 g/mol. The molecule has 0 atom stereocenters. The molecular formula is C14H19BrN4O. The Morgan fingerprint density at radius 2 is 2.20 bits per heavy atom. The Balaban J connectivity index is 2.34. The van der Waals surface area contributed by atoms with E-state index in [1.807, 2.05) is 25.2 Å². The van der Waals surface area contributed by atoms with E-state index in [4.69, 9.17) is 10.5 Å². The van der Waals surface area contributed by atoms with Crippen molar-refractivity contribution in [1.82, 2.24) is 9.78 Å². The van der Waals surface area contributed by atoms with Gasteiger partial charge in [0.05, 0.1) is 24.2 Å². The number of nitrogen functional groups attached to an aromatic ring is 1. The number of nitrogens with one attached hydrogen (secondary N) is 1. The smallest absolute Gasteiger partial charge is 0.152 e. The minimum absolute atomic E-state index is 0.698. The van der Waals surface area contributed by atoms with Gasteiger partial charge in [-0.05, 0) is 34.5 Å². The molecule has 0 saturated heterocycles. The van der Waals surface area contributed by atoms with Crippen LogP contribution < -0.4 is 15.8 Å².